The summed E-state index contributed by atoms with van der Waals surface area (Å²) in [7, 11) is 0. The lowest BCUT2D eigenvalue weighted by molar-refractivity contribution is -0.123. The van der Waals surface area contributed by atoms with Crippen LogP contribution in [0.25, 0.3) is 10.9 Å². The van der Waals surface area contributed by atoms with E-state index in [0.717, 1.165) is 29.7 Å². The number of aromatic nitrogens is 1. The van der Waals surface area contributed by atoms with Crippen molar-refractivity contribution in [3.8, 4) is 5.75 Å². The van der Waals surface area contributed by atoms with Gasteiger partial charge >= 0.3 is 6.09 Å². The van der Waals surface area contributed by atoms with Crippen LogP contribution in [0.1, 0.15) is 32.8 Å². The number of ether oxygens (including phenoxy) is 2. The highest BCUT2D eigenvalue weighted by Crippen LogP contribution is 2.28. The van der Waals surface area contributed by atoms with Crippen LogP contribution in [0, 0.1) is 0 Å². The van der Waals surface area contributed by atoms with Gasteiger partial charge in [-0.1, -0.05) is 42.5 Å². The molecule has 4 rings (SSSR count). The fourth-order valence-electron chi connectivity index (χ4n) is 3.95. The molecule has 2 N–H and O–H groups in total. The predicted octanol–water partition coefficient (Wildman–Crippen LogP) is 4.03. The number of rotatable bonds is 7. The van der Waals surface area contributed by atoms with Gasteiger partial charge in [-0.3, -0.25) is 4.79 Å². The van der Waals surface area contributed by atoms with E-state index in [4.69, 9.17) is 14.5 Å². The van der Waals surface area contributed by atoms with Crippen molar-refractivity contribution in [2.45, 2.75) is 45.4 Å². The Morgan fingerprint density at radius 1 is 1.06 bits per heavy atom. The lowest BCUT2D eigenvalue weighted by atomic mass is 10.2. The number of hydrogen-bond donors (Lipinski definition) is 2. The number of pyridine rings is 1. The van der Waals surface area contributed by atoms with E-state index in [2.05, 4.69) is 15.5 Å². The molecule has 8 nitrogen and oxygen atoms in total. The summed E-state index contributed by atoms with van der Waals surface area (Å²) >= 11 is 0. The van der Waals surface area contributed by atoms with E-state index in [0.29, 0.717) is 24.4 Å². The number of anilines is 1. The molecule has 1 aliphatic rings. The molecule has 3 aromatic rings. The van der Waals surface area contributed by atoms with E-state index >= 15 is 0 Å². The molecule has 0 aliphatic carbocycles. The van der Waals surface area contributed by atoms with E-state index in [1.54, 1.807) is 0 Å². The molecule has 2 amide bonds. The minimum absolute atomic E-state index is 0.0119. The first-order chi connectivity index (χ1) is 16.8. The second-order valence-electron chi connectivity index (χ2n) is 9.63. The van der Waals surface area contributed by atoms with Gasteiger partial charge in [-0.15, -0.1) is 0 Å². The molecule has 0 saturated carbocycles. The zero-order valence-corrected chi connectivity index (χ0v) is 20.4. The summed E-state index contributed by atoms with van der Waals surface area (Å²) in [6, 6.07) is 19.4. The van der Waals surface area contributed by atoms with Crippen molar-refractivity contribution in [3.63, 3.8) is 0 Å². The minimum Gasteiger partial charge on any atom is -0.481 e. The van der Waals surface area contributed by atoms with Crippen molar-refractivity contribution in [1.82, 2.24) is 15.6 Å². The van der Waals surface area contributed by atoms with Gasteiger partial charge in [0.05, 0.1) is 6.04 Å². The summed E-state index contributed by atoms with van der Waals surface area (Å²) in [5, 5.41) is 6.74. The van der Waals surface area contributed by atoms with E-state index in [9.17, 15) is 9.59 Å². The number of fused-ring (bicyclic) bond motifs is 1. The zero-order chi connectivity index (χ0) is 24.8. The van der Waals surface area contributed by atoms with Crippen molar-refractivity contribution >= 4 is 28.7 Å². The smallest absolute Gasteiger partial charge is 0.407 e. The Labute approximate surface area is 205 Å². The molecular weight excluding hydrogens is 444 g/mol. The molecule has 1 aromatic heterocycles. The van der Waals surface area contributed by atoms with Gasteiger partial charge < -0.3 is 25.0 Å². The number of nitrogens with zero attached hydrogens (tertiary/aromatic N) is 2. The van der Waals surface area contributed by atoms with Crippen LogP contribution in [0.2, 0.25) is 0 Å². The second-order valence-corrected chi connectivity index (χ2v) is 9.63. The Hall–Kier alpha value is -3.81. The van der Waals surface area contributed by atoms with Crippen LogP contribution < -0.4 is 20.3 Å². The zero-order valence-electron chi connectivity index (χ0n) is 20.4. The summed E-state index contributed by atoms with van der Waals surface area (Å²) in [6.45, 7) is 7.31. The number of alkyl carbamates (subject to hydrolysis) is 1. The molecule has 0 unspecified atom stereocenters. The molecule has 1 aliphatic heterocycles. The molecule has 2 heterocycles. The van der Waals surface area contributed by atoms with Crippen LogP contribution in [-0.4, -0.2) is 48.3 Å². The lowest BCUT2D eigenvalue weighted by Crippen LogP contribution is -2.40. The number of benzene rings is 2. The summed E-state index contributed by atoms with van der Waals surface area (Å²) in [6.07, 6.45) is 0.399. The maximum Gasteiger partial charge on any atom is 0.407 e. The number of amides is 2. The third-order valence-electron chi connectivity index (χ3n) is 5.59. The normalized spacial score (nSPS) is 15.6. The molecule has 2 aromatic carbocycles. The standard InChI is InChI=1S/C27H32N4O4/c1-27(2,3)35-26(33)29-21-14-15-31(17-21)23-13-12-20-10-7-11-22(25(20)30-23)34-18-24(32)28-16-19-8-5-4-6-9-19/h4-13,21H,14-18H2,1-3H3,(H,28,32)(H,29,33)/t21-/m1/s1. The Morgan fingerprint density at radius 2 is 1.86 bits per heavy atom. The quantitative estimate of drug-likeness (QED) is 0.535. The SMILES string of the molecule is CC(C)(C)OC(=O)N[C@@H]1CCN(c2ccc3cccc(OCC(=O)NCc4ccccc4)c3n2)C1. The number of para-hydroxylation sites is 1. The van der Waals surface area contributed by atoms with E-state index in [-0.39, 0.29) is 18.6 Å². The first-order valence-electron chi connectivity index (χ1n) is 11.8. The molecule has 1 atom stereocenters. The Morgan fingerprint density at radius 3 is 2.63 bits per heavy atom. The van der Waals surface area contributed by atoms with Gasteiger partial charge in [-0.2, -0.15) is 0 Å². The minimum atomic E-state index is -0.531. The van der Waals surface area contributed by atoms with Crippen molar-refractivity contribution in [2.75, 3.05) is 24.6 Å². The van der Waals surface area contributed by atoms with Crippen LogP contribution in [0.15, 0.2) is 60.7 Å². The molecule has 1 fully saturated rings. The first kappa shape index (κ1) is 24.3. The van der Waals surface area contributed by atoms with Crippen LogP contribution in [0.5, 0.6) is 5.75 Å². The van der Waals surface area contributed by atoms with Gasteiger partial charge in [0.1, 0.15) is 22.7 Å². The summed E-state index contributed by atoms with van der Waals surface area (Å²) in [5.41, 5.74) is 1.20. The molecule has 35 heavy (non-hydrogen) atoms. The van der Waals surface area contributed by atoms with Gasteiger partial charge in [0.2, 0.25) is 0 Å². The Kier molecular flexibility index (Phi) is 7.39. The number of nitrogens with one attached hydrogen (secondary N) is 2. The number of carbonyl (C=O) groups is 2. The van der Waals surface area contributed by atoms with Gasteiger partial charge in [-0.05, 0) is 51.0 Å². The van der Waals surface area contributed by atoms with E-state index in [1.165, 1.54) is 0 Å². The third kappa shape index (κ3) is 6.85. The van der Waals surface area contributed by atoms with Gasteiger partial charge in [0.15, 0.2) is 6.61 Å². The average Bonchev–Trinajstić information content (AvgIpc) is 3.28. The van der Waals surface area contributed by atoms with Gasteiger partial charge in [0.25, 0.3) is 5.91 Å². The highest BCUT2D eigenvalue weighted by Gasteiger charge is 2.27. The predicted molar refractivity (Wildman–Crippen MR) is 136 cm³/mol. The van der Waals surface area contributed by atoms with Crippen LogP contribution in [0.4, 0.5) is 10.6 Å². The van der Waals surface area contributed by atoms with Gasteiger partial charge in [0, 0.05) is 25.0 Å². The lowest BCUT2D eigenvalue weighted by Gasteiger charge is -2.22. The number of carbonyl (C=O) groups excluding carboxylic acids is 2. The van der Waals surface area contributed by atoms with Crippen molar-refractivity contribution < 1.29 is 19.1 Å². The van der Waals surface area contributed by atoms with Gasteiger partial charge in [-0.25, -0.2) is 9.78 Å². The Balaban J connectivity index is 1.37. The third-order valence-corrected chi connectivity index (χ3v) is 5.59. The van der Waals surface area contributed by atoms with Crippen molar-refractivity contribution in [3.05, 3.63) is 66.2 Å². The van der Waals surface area contributed by atoms with Crippen LogP contribution in [0.3, 0.4) is 0 Å². The molecule has 184 valence electrons. The first-order valence-corrected chi connectivity index (χ1v) is 11.8. The van der Waals surface area contributed by atoms with Crippen LogP contribution >= 0.6 is 0 Å². The average molecular weight is 477 g/mol. The van der Waals surface area contributed by atoms with Crippen LogP contribution in [-0.2, 0) is 16.1 Å². The molecule has 0 bridgehead atoms. The second kappa shape index (κ2) is 10.6. The fraction of sp³-hybridized carbons (Fsp3) is 0.370. The molecule has 1 saturated heterocycles. The fourth-order valence-corrected chi connectivity index (χ4v) is 3.95. The van der Waals surface area contributed by atoms with Crippen molar-refractivity contribution in [2.24, 2.45) is 0 Å². The molecule has 0 radical (unpaired) electrons. The monoisotopic (exact) mass is 476 g/mol. The molecular formula is C27H32N4O4. The van der Waals surface area contributed by atoms with E-state index in [1.807, 2.05) is 81.4 Å². The summed E-state index contributed by atoms with van der Waals surface area (Å²) < 4.78 is 11.2. The maximum atomic E-state index is 12.3. The molecule has 0 spiro atoms. The molecule has 8 heteroatoms. The topological polar surface area (TPSA) is 92.8 Å². The summed E-state index contributed by atoms with van der Waals surface area (Å²) in [4.78, 5) is 31.4. The summed E-state index contributed by atoms with van der Waals surface area (Å²) in [5.74, 6) is 1.16. The number of hydrogen-bond acceptors (Lipinski definition) is 6. The van der Waals surface area contributed by atoms with Crippen molar-refractivity contribution in [1.29, 1.82) is 0 Å². The maximum absolute atomic E-state index is 12.3. The highest BCUT2D eigenvalue weighted by molar-refractivity contribution is 5.86. The Bertz CT molecular complexity index is 1180. The van der Waals surface area contributed by atoms with E-state index < -0.39 is 11.7 Å². The highest BCUT2D eigenvalue weighted by atomic mass is 16.6. The largest absolute Gasteiger partial charge is 0.481 e.